The smallest absolute Gasteiger partial charge is 0.225 e. The van der Waals surface area contributed by atoms with Crippen LogP contribution in [0.3, 0.4) is 0 Å². The summed E-state index contributed by atoms with van der Waals surface area (Å²) in [5, 5.41) is 3.02. The van der Waals surface area contributed by atoms with Gasteiger partial charge >= 0.3 is 0 Å². The average molecular weight is 446 g/mol. The maximum absolute atomic E-state index is 13.1. The second-order valence-electron chi connectivity index (χ2n) is 9.28. The first-order chi connectivity index (χ1) is 15.8. The van der Waals surface area contributed by atoms with Crippen LogP contribution in [0.5, 0.6) is 17.2 Å². The third-order valence-corrected chi connectivity index (χ3v) is 5.91. The van der Waals surface area contributed by atoms with Gasteiger partial charge in [-0.2, -0.15) is 0 Å². The van der Waals surface area contributed by atoms with Crippen LogP contribution in [0.4, 0.5) is 5.69 Å². The number of carbonyl (C=O) groups is 1. The Labute approximate surface area is 195 Å². The number of hydrogen-bond acceptors (Lipinski definition) is 4. The van der Waals surface area contributed by atoms with Gasteiger partial charge in [0.15, 0.2) is 11.5 Å². The second-order valence-corrected chi connectivity index (χ2v) is 9.28. The topological polar surface area (TPSA) is 56.8 Å². The molecule has 1 aliphatic rings. The molecule has 5 heteroatoms. The number of carbonyl (C=O) groups excluding carboxylic acids is 1. The summed E-state index contributed by atoms with van der Waals surface area (Å²) in [4.78, 5) is 13.1. The summed E-state index contributed by atoms with van der Waals surface area (Å²) in [6.45, 7) is 7.62. The Kier molecular flexibility index (Phi) is 6.59. The van der Waals surface area contributed by atoms with E-state index in [9.17, 15) is 4.79 Å². The number of benzene rings is 3. The van der Waals surface area contributed by atoms with Crippen molar-refractivity contribution >= 4 is 11.6 Å². The Balaban J connectivity index is 1.60. The van der Waals surface area contributed by atoms with Gasteiger partial charge in [-0.15, -0.1) is 0 Å². The first kappa shape index (κ1) is 22.7. The maximum Gasteiger partial charge on any atom is 0.225 e. The molecule has 33 heavy (non-hydrogen) atoms. The van der Waals surface area contributed by atoms with E-state index < -0.39 is 0 Å². The van der Waals surface area contributed by atoms with Crippen LogP contribution in [-0.2, 0) is 10.2 Å². The molecule has 0 aliphatic carbocycles. The van der Waals surface area contributed by atoms with Crippen molar-refractivity contribution in [3.63, 3.8) is 0 Å². The quantitative estimate of drug-likeness (QED) is 0.511. The summed E-state index contributed by atoms with van der Waals surface area (Å²) in [6, 6.07) is 21.9. The number of rotatable bonds is 6. The van der Waals surface area contributed by atoms with Gasteiger partial charge in [-0.05, 0) is 34.7 Å². The Morgan fingerprint density at radius 1 is 0.970 bits per heavy atom. The van der Waals surface area contributed by atoms with Crippen LogP contribution >= 0.6 is 0 Å². The van der Waals surface area contributed by atoms with Crippen molar-refractivity contribution in [3.05, 3.63) is 83.4 Å². The number of ether oxygens (including phenoxy) is 3. The zero-order valence-corrected chi connectivity index (χ0v) is 19.7. The Morgan fingerprint density at radius 3 is 2.36 bits per heavy atom. The minimum Gasteiger partial charge on any atom is -0.496 e. The molecule has 0 radical (unpaired) electrons. The molecule has 0 aromatic heterocycles. The van der Waals surface area contributed by atoms with Gasteiger partial charge in [0.05, 0.1) is 7.11 Å². The van der Waals surface area contributed by atoms with E-state index in [-0.39, 0.29) is 23.7 Å². The van der Waals surface area contributed by atoms with E-state index in [4.69, 9.17) is 14.2 Å². The summed E-state index contributed by atoms with van der Waals surface area (Å²) >= 11 is 0. The highest BCUT2D eigenvalue weighted by molar-refractivity contribution is 5.92. The fourth-order valence-corrected chi connectivity index (χ4v) is 4.10. The summed E-state index contributed by atoms with van der Waals surface area (Å²) in [5.74, 6) is 1.90. The molecular weight excluding hydrogens is 414 g/mol. The van der Waals surface area contributed by atoms with E-state index in [0.29, 0.717) is 30.4 Å². The minimum absolute atomic E-state index is 0.0636. The first-order valence-electron chi connectivity index (χ1n) is 11.3. The van der Waals surface area contributed by atoms with Gasteiger partial charge in [-0.1, -0.05) is 63.2 Å². The van der Waals surface area contributed by atoms with Gasteiger partial charge in [0.1, 0.15) is 19.0 Å². The van der Waals surface area contributed by atoms with Crippen molar-refractivity contribution < 1.29 is 19.0 Å². The molecule has 5 nitrogen and oxygen atoms in total. The molecule has 0 fully saturated rings. The summed E-state index contributed by atoms with van der Waals surface area (Å²) in [6.07, 6.45) is 0.281. The van der Waals surface area contributed by atoms with E-state index in [1.54, 1.807) is 7.11 Å². The Morgan fingerprint density at radius 2 is 1.67 bits per heavy atom. The lowest BCUT2D eigenvalue weighted by atomic mass is 9.83. The molecule has 1 atom stereocenters. The lowest BCUT2D eigenvalue weighted by molar-refractivity contribution is -0.116. The molecular formula is C28H31NO4. The molecule has 1 amide bonds. The molecule has 0 saturated heterocycles. The van der Waals surface area contributed by atoms with Crippen LogP contribution in [0.15, 0.2) is 66.7 Å². The Hall–Kier alpha value is -3.47. The van der Waals surface area contributed by atoms with Crippen LogP contribution in [0, 0.1) is 0 Å². The number of fused-ring (bicyclic) bond motifs is 1. The van der Waals surface area contributed by atoms with Crippen LogP contribution in [0.25, 0.3) is 0 Å². The van der Waals surface area contributed by atoms with Crippen molar-refractivity contribution in [1.82, 2.24) is 0 Å². The van der Waals surface area contributed by atoms with Gasteiger partial charge < -0.3 is 19.5 Å². The van der Waals surface area contributed by atoms with Gasteiger partial charge in [0.2, 0.25) is 5.91 Å². The summed E-state index contributed by atoms with van der Waals surface area (Å²) < 4.78 is 16.8. The molecule has 1 N–H and O–H groups in total. The van der Waals surface area contributed by atoms with Gasteiger partial charge in [0, 0.05) is 29.7 Å². The highest BCUT2D eigenvalue weighted by Crippen LogP contribution is 2.36. The lowest BCUT2D eigenvalue weighted by Gasteiger charge is -2.23. The van der Waals surface area contributed by atoms with E-state index >= 15 is 0 Å². The number of nitrogens with one attached hydrogen (secondary N) is 1. The van der Waals surface area contributed by atoms with Crippen LogP contribution in [-0.4, -0.2) is 26.2 Å². The monoisotopic (exact) mass is 445 g/mol. The van der Waals surface area contributed by atoms with Crippen LogP contribution < -0.4 is 19.5 Å². The van der Waals surface area contributed by atoms with Gasteiger partial charge in [-0.25, -0.2) is 0 Å². The third kappa shape index (κ3) is 5.30. The number of anilines is 1. The molecule has 0 bridgehead atoms. The molecule has 3 aromatic rings. The minimum atomic E-state index is -0.146. The number of amides is 1. The van der Waals surface area contributed by atoms with Crippen molar-refractivity contribution in [2.24, 2.45) is 0 Å². The van der Waals surface area contributed by atoms with Crippen molar-refractivity contribution in [2.75, 3.05) is 25.6 Å². The van der Waals surface area contributed by atoms with Gasteiger partial charge in [-0.3, -0.25) is 4.79 Å². The largest absolute Gasteiger partial charge is 0.496 e. The molecule has 0 saturated carbocycles. The standard InChI is InChI=1S/C28H31NO4/c1-28(2,3)20-11-9-19(10-12-20)23(22-7-5-6-8-24(22)31-4)18-27(30)29-21-13-14-25-26(17-21)33-16-15-32-25/h5-14,17,23H,15-16,18H2,1-4H3,(H,29,30). The summed E-state index contributed by atoms with van der Waals surface area (Å²) in [7, 11) is 1.66. The molecule has 4 rings (SSSR count). The van der Waals surface area contributed by atoms with Crippen molar-refractivity contribution in [1.29, 1.82) is 0 Å². The molecule has 1 aliphatic heterocycles. The van der Waals surface area contributed by atoms with Crippen LogP contribution in [0.1, 0.15) is 49.8 Å². The molecule has 3 aromatic carbocycles. The Bertz CT molecular complexity index is 1120. The number of hydrogen-bond donors (Lipinski definition) is 1. The highest BCUT2D eigenvalue weighted by atomic mass is 16.6. The zero-order valence-electron chi connectivity index (χ0n) is 19.7. The van der Waals surface area contributed by atoms with E-state index in [2.05, 4.69) is 50.4 Å². The van der Waals surface area contributed by atoms with Crippen LogP contribution in [0.2, 0.25) is 0 Å². The SMILES string of the molecule is COc1ccccc1C(CC(=O)Nc1ccc2c(c1)OCCO2)c1ccc(C(C)(C)C)cc1. The fraction of sp³-hybridized carbons (Fsp3) is 0.321. The predicted octanol–water partition coefficient (Wildman–Crippen LogP) is 5.92. The van der Waals surface area contributed by atoms with Gasteiger partial charge in [0.25, 0.3) is 0 Å². The molecule has 1 unspecified atom stereocenters. The first-order valence-corrected chi connectivity index (χ1v) is 11.3. The zero-order chi connectivity index (χ0) is 23.4. The second kappa shape index (κ2) is 9.57. The van der Waals surface area contributed by atoms with E-state index in [1.165, 1.54) is 5.56 Å². The number of para-hydroxylation sites is 1. The average Bonchev–Trinajstić information content (AvgIpc) is 2.82. The van der Waals surface area contributed by atoms with Crippen molar-refractivity contribution in [3.8, 4) is 17.2 Å². The third-order valence-electron chi connectivity index (χ3n) is 5.91. The summed E-state index contributed by atoms with van der Waals surface area (Å²) in [5.41, 5.74) is 4.07. The lowest BCUT2D eigenvalue weighted by Crippen LogP contribution is -2.18. The van der Waals surface area contributed by atoms with E-state index in [1.807, 2.05) is 42.5 Å². The molecule has 1 heterocycles. The predicted molar refractivity (Wildman–Crippen MR) is 131 cm³/mol. The molecule has 0 spiro atoms. The fourth-order valence-electron chi connectivity index (χ4n) is 4.10. The maximum atomic E-state index is 13.1. The normalized spacial score (nSPS) is 13.8. The van der Waals surface area contributed by atoms with E-state index in [0.717, 1.165) is 16.9 Å². The van der Waals surface area contributed by atoms with Crippen molar-refractivity contribution in [2.45, 2.75) is 38.5 Å². The highest BCUT2D eigenvalue weighted by Gasteiger charge is 2.23. The molecule has 172 valence electrons. The number of methoxy groups -OCH3 is 1.